The Hall–Kier alpha value is -3.60. The van der Waals surface area contributed by atoms with E-state index in [1.807, 2.05) is 65.6 Å². The molecule has 1 heterocycles. The number of benzene rings is 3. The minimum absolute atomic E-state index is 0.0931. The summed E-state index contributed by atoms with van der Waals surface area (Å²) in [7, 11) is 0. The minimum Gasteiger partial charge on any atom is -0.368 e. The van der Waals surface area contributed by atoms with Gasteiger partial charge in [-0.05, 0) is 35.7 Å². The molecule has 0 radical (unpaired) electrons. The van der Waals surface area contributed by atoms with Crippen LogP contribution in [0.5, 0.6) is 0 Å². The van der Waals surface area contributed by atoms with E-state index in [1.54, 1.807) is 0 Å². The van der Waals surface area contributed by atoms with Crippen LogP contribution in [0.2, 0.25) is 0 Å². The predicted octanol–water partition coefficient (Wildman–Crippen LogP) is 3.75. The van der Waals surface area contributed by atoms with Gasteiger partial charge in [0.05, 0.1) is 0 Å². The normalized spacial score (nSPS) is 13.6. The Morgan fingerprint density at radius 3 is 2.09 bits per heavy atom. The summed E-state index contributed by atoms with van der Waals surface area (Å²) in [6.07, 6.45) is 1.02. The van der Waals surface area contributed by atoms with Crippen LogP contribution in [0.4, 0.5) is 5.69 Å². The molecule has 0 atom stereocenters. The Morgan fingerprint density at radius 2 is 1.38 bits per heavy atom. The summed E-state index contributed by atoms with van der Waals surface area (Å²) in [5, 5.41) is 2.93. The lowest BCUT2D eigenvalue weighted by atomic mass is 9.99. The molecule has 1 saturated heterocycles. The van der Waals surface area contributed by atoms with Crippen LogP contribution in [-0.4, -0.2) is 49.4 Å². The number of hydrogen-bond acceptors (Lipinski definition) is 3. The summed E-state index contributed by atoms with van der Waals surface area (Å²) < 4.78 is 0. The maximum Gasteiger partial charge on any atom is 0.251 e. The zero-order chi connectivity index (χ0) is 22.2. The monoisotopic (exact) mass is 427 g/mol. The van der Waals surface area contributed by atoms with Gasteiger partial charge in [0.1, 0.15) is 0 Å². The number of nitrogens with one attached hydrogen (secondary N) is 1. The van der Waals surface area contributed by atoms with E-state index in [1.165, 1.54) is 5.69 Å². The molecule has 3 aromatic rings. The van der Waals surface area contributed by atoms with Crippen molar-refractivity contribution in [3.8, 4) is 0 Å². The van der Waals surface area contributed by atoms with E-state index in [0.29, 0.717) is 38.0 Å². The van der Waals surface area contributed by atoms with Crippen molar-refractivity contribution >= 4 is 17.5 Å². The highest BCUT2D eigenvalue weighted by Crippen LogP contribution is 2.16. The number of nitrogens with zero attached hydrogens (tertiary/aromatic N) is 2. The number of para-hydroxylation sites is 1. The quantitative estimate of drug-likeness (QED) is 0.625. The summed E-state index contributed by atoms with van der Waals surface area (Å²) in [4.78, 5) is 29.6. The summed E-state index contributed by atoms with van der Waals surface area (Å²) in [6.45, 7) is 3.42. The van der Waals surface area contributed by atoms with Crippen LogP contribution in [0.3, 0.4) is 0 Å². The van der Waals surface area contributed by atoms with Crippen LogP contribution >= 0.6 is 0 Å². The molecule has 0 spiro atoms. The van der Waals surface area contributed by atoms with E-state index in [4.69, 9.17) is 0 Å². The van der Waals surface area contributed by atoms with Gasteiger partial charge in [-0.25, -0.2) is 0 Å². The number of anilines is 1. The molecule has 164 valence electrons. The third-order valence-electron chi connectivity index (χ3n) is 5.88. The predicted molar refractivity (Wildman–Crippen MR) is 128 cm³/mol. The average Bonchev–Trinajstić information content (AvgIpc) is 2.85. The van der Waals surface area contributed by atoms with E-state index in [2.05, 4.69) is 34.5 Å². The molecule has 1 aliphatic heterocycles. The Balaban J connectivity index is 1.25. The fourth-order valence-corrected chi connectivity index (χ4v) is 4.10. The molecule has 3 aromatic carbocycles. The minimum atomic E-state index is -0.127. The van der Waals surface area contributed by atoms with Crippen molar-refractivity contribution in [3.63, 3.8) is 0 Å². The summed E-state index contributed by atoms with van der Waals surface area (Å²) >= 11 is 0. The first kappa shape index (κ1) is 21.6. The van der Waals surface area contributed by atoms with Crippen molar-refractivity contribution in [1.29, 1.82) is 0 Å². The fourth-order valence-electron chi connectivity index (χ4n) is 4.10. The average molecular weight is 428 g/mol. The van der Waals surface area contributed by atoms with Crippen LogP contribution in [0.1, 0.15) is 27.9 Å². The smallest absolute Gasteiger partial charge is 0.251 e. The van der Waals surface area contributed by atoms with E-state index in [0.717, 1.165) is 24.2 Å². The van der Waals surface area contributed by atoms with Crippen molar-refractivity contribution in [1.82, 2.24) is 10.2 Å². The van der Waals surface area contributed by atoms with Gasteiger partial charge in [-0.1, -0.05) is 66.7 Å². The van der Waals surface area contributed by atoms with E-state index in [9.17, 15) is 9.59 Å². The Labute approximate surface area is 189 Å². The van der Waals surface area contributed by atoms with Crippen molar-refractivity contribution in [2.45, 2.75) is 12.8 Å². The zero-order valence-corrected chi connectivity index (χ0v) is 18.2. The SMILES string of the molecule is O=C(NCCC(=O)N1CCN(c2ccccc2)CC1)c1ccccc1Cc1ccccc1. The highest BCUT2D eigenvalue weighted by molar-refractivity contribution is 5.96. The van der Waals surface area contributed by atoms with Crippen LogP contribution in [0.25, 0.3) is 0 Å². The number of hydrogen-bond donors (Lipinski definition) is 1. The van der Waals surface area contributed by atoms with Gasteiger partial charge in [0, 0.05) is 50.4 Å². The topological polar surface area (TPSA) is 52.7 Å². The molecule has 0 bridgehead atoms. The largest absolute Gasteiger partial charge is 0.368 e. The molecule has 5 nitrogen and oxygen atoms in total. The van der Waals surface area contributed by atoms with Crippen molar-refractivity contribution in [2.24, 2.45) is 0 Å². The Morgan fingerprint density at radius 1 is 0.750 bits per heavy atom. The third-order valence-corrected chi connectivity index (χ3v) is 5.88. The molecule has 2 amide bonds. The molecule has 0 aliphatic carbocycles. The van der Waals surface area contributed by atoms with Gasteiger partial charge in [-0.3, -0.25) is 9.59 Å². The summed E-state index contributed by atoms with van der Waals surface area (Å²) in [5.41, 5.74) is 4.01. The Bertz CT molecular complexity index is 1030. The second-order valence-corrected chi connectivity index (χ2v) is 8.03. The lowest BCUT2D eigenvalue weighted by molar-refractivity contribution is -0.131. The molecule has 5 heteroatoms. The second kappa shape index (κ2) is 10.6. The Kier molecular flexibility index (Phi) is 7.18. The fraction of sp³-hybridized carbons (Fsp3) is 0.259. The van der Waals surface area contributed by atoms with Crippen LogP contribution < -0.4 is 10.2 Å². The molecule has 0 aromatic heterocycles. The summed E-state index contributed by atoms with van der Waals surface area (Å²) in [6, 6.07) is 28.1. The lowest BCUT2D eigenvalue weighted by Gasteiger charge is -2.36. The zero-order valence-electron chi connectivity index (χ0n) is 18.2. The first-order valence-corrected chi connectivity index (χ1v) is 11.2. The molecule has 1 aliphatic rings. The molecule has 1 N–H and O–H groups in total. The van der Waals surface area contributed by atoms with Gasteiger partial charge in [0.2, 0.25) is 5.91 Å². The first-order chi connectivity index (χ1) is 15.7. The number of amides is 2. The number of carbonyl (C=O) groups is 2. The molecular formula is C27H29N3O2. The molecule has 1 fully saturated rings. The molecular weight excluding hydrogens is 398 g/mol. The van der Waals surface area contributed by atoms with Crippen LogP contribution in [-0.2, 0) is 11.2 Å². The second-order valence-electron chi connectivity index (χ2n) is 8.03. The van der Waals surface area contributed by atoms with Gasteiger partial charge in [0.15, 0.2) is 0 Å². The highest BCUT2D eigenvalue weighted by Gasteiger charge is 2.21. The number of rotatable bonds is 7. The molecule has 0 saturated carbocycles. The summed E-state index contributed by atoms with van der Waals surface area (Å²) in [5.74, 6) is -0.0335. The van der Waals surface area contributed by atoms with Gasteiger partial charge in [-0.2, -0.15) is 0 Å². The maximum absolute atomic E-state index is 12.8. The lowest BCUT2D eigenvalue weighted by Crippen LogP contribution is -2.49. The molecule has 4 rings (SSSR count). The number of piperazine rings is 1. The van der Waals surface area contributed by atoms with Gasteiger partial charge >= 0.3 is 0 Å². The first-order valence-electron chi connectivity index (χ1n) is 11.2. The van der Waals surface area contributed by atoms with Crippen LogP contribution in [0, 0.1) is 0 Å². The van der Waals surface area contributed by atoms with E-state index >= 15 is 0 Å². The van der Waals surface area contributed by atoms with Crippen molar-refractivity contribution < 1.29 is 9.59 Å². The van der Waals surface area contributed by atoms with Gasteiger partial charge < -0.3 is 15.1 Å². The van der Waals surface area contributed by atoms with E-state index < -0.39 is 0 Å². The third kappa shape index (κ3) is 5.55. The van der Waals surface area contributed by atoms with E-state index in [-0.39, 0.29) is 11.8 Å². The van der Waals surface area contributed by atoms with Crippen molar-refractivity contribution in [3.05, 3.63) is 102 Å². The van der Waals surface area contributed by atoms with Gasteiger partial charge in [0.25, 0.3) is 5.91 Å². The maximum atomic E-state index is 12.8. The van der Waals surface area contributed by atoms with Gasteiger partial charge in [-0.15, -0.1) is 0 Å². The van der Waals surface area contributed by atoms with Crippen LogP contribution in [0.15, 0.2) is 84.9 Å². The standard InChI is InChI=1S/C27H29N3O2/c31-26(30-19-17-29(18-20-30)24-12-5-2-6-13-24)15-16-28-27(32)25-14-8-7-11-23(25)21-22-9-3-1-4-10-22/h1-14H,15-21H2,(H,28,32). The molecule has 0 unspecified atom stereocenters. The molecule has 32 heavy (non-hydrogen) atoms. The number of carbonyl (C=O) groups excluding carboxylic acids is 2. The van der Waals surface area contributed by atoms with Crippen molar-refractivity contribution in [2.75, 3.05) is 37.6 Å². The highest BCUT2D eigenvalue weighted by atomic mass is 16.2.